The molecule has 0 aliphatic rings. The number of rotatable bonds is 3. The molecule has 1 aromatic rings. The average Bonchev–Trinajstić information content (AvgIpc) is 2.21. The second-order valence-electron chi connectivity index (χ2n) is 2.92. The number of nitrogens with zero attached hydrogens (tertiary/aromatic N) is 1. The fourth-order valence-corrected chi connectivity index (χ4v) is 2.20. The van der Waals surface area contributed by atoms with Gasteiger partial charge in [-0.3, -0.25) is 0 Å². The van der Waals surface area contributed by atoms with E-state index in [2.05, 4.69) is 4.36 Å². The maximum Gasteiger partial charge on any atom is 0.123 e. The summed E-state index contributed by atoms with van der Waals surface area (Å²) in [4.78, 5) is 0. The van der Waals surface area contributed by atoms with E-state index in [0.29, 0.717) is 17.2 Å². The maximum atomic E-state index is 12.6. The zero-order valence-electron chi connectivity index (χ0n) is 8.37. The lowest BCUT2D eigenvalue weighted by molar-refractivity contribution is 0.628. The van der Waals surface area contributed by atoms with E-state index in [4.69, 9.17) is 0 Å². The van der Waals surface area contributed by atoms with Crippen molar-refractivity contribution in [2.75, 3.05) is 11.5 Å². The Balaban J connectivity index is 3.08. The maximum absolute atomic E-state index is 12.6. The molecule has 0 saturated heterocycles. The van der Waals surface area contributed by atoms with E-state index in [1.54, 1.807) is 12.1 Å². The van der Waals surface area contributed by atoms with Crippen molar-refractivity contribution in [2.45, 2.75) is 13.8 Å². The van der Waals surface area contributed by atoms with Crippen molar-refractivity contribution in [2.24, 2.45) is 4.36 Å². The van der Waals surface area contributed by atoms with Crippen LogP contribution >= 0.6 is 0 Å². The third-order valence-electron chi connectivity index (χ3n) is 2.00. The van der Waals surface area contributed by atoms with Crippen molar-refractivity contribution >= 4 is 15.4 Å². The molecule has 0 N–H and O–H groups in total. The standard InChI is InChI=1S/C10H14FNOS/c1-3-14(13,4-2)12-10-7-5-9(11)6-8-10/h5-8H,3-4H2,1-2H3. The van der Waals surface area contributed by atoms with Crippen LogP contribution in [0.25, 0.3) is 0 Å². The van der Waals surface area contributed by atoms with Crippen molar-refractivity contribution in [1.82, 2.24) is 0 Å². The van der Waals surface area contributed by atoms with Gasteiger partial charge in [-0.05, 0) is 24.3 Å². The molecule has 4 heteroatoms. The van der Waals surface area contributed by atoms with Gasteiger partial charge >= 0.3 is 0 Å². The summed E-state index contributed by atoms with van der Waals surface area (Å²) < 4.78 is 28.6. The Morgan fingerprint density at radius 3 is 2.14 bits per heavy atom. The monoisotopic (exact) mass is 215 g/mol. The first-order valence-electron chi connectivity index (χ1n) is 4.57. The average molecular weight is 215 g/mol. The van der Waals surface area contributed by atoms with Gasteiger partial charge in [-0.1, -0.05) is 13.8 Å². The van der Waals surface area contributed by atoms with Gasteiger partial charge in [-0.2, -0.15) is 4.36 Å². The first-order valence-corrected chi connectivity index (χ1v) is 6.43. The van der Waals surface area contributed by atoms with Crippen molar-refractivity contribution in [3.05, 3.63) is 30.1 Å². The van der Waals surface area contributed by atoms with Gasteiger partial charge in [0, 0.05) is 11.5 Å². The van der Waals surface area contributed by atoms with Crippen LogP contribution in [0.2, 0.25) is 0 Å². The van der Waals surface area contributed by atoms with Crippen LogP contribution in [0.3, 0.4) is 0 Å². The summed E-state index contributed by atoms with van der Waals surface area (Å²) in [5, 5.41) is 0. The van der Waals surface area contributed by atoms with Gasteiger partial charge in [0.25, 0.3) is 0 Å². The third-order valence-corrected chi connectivity index (χ3v) is 4.35. The Bertz CT molecular complexity index is 395. The van der Waals surface area contributed by atoms with Crippen molar-refractivity contribution in [3.63, 3.8) is 0 Å². The predicted molar refractivity (Wildman–Crippen MR) is 57.7 cm³/mol. The van der Waals surface area contributed by atoms with Gasteiger partial charge in [-0.15, -0.1) is 0 Å². The van der Waals surface area contributed by atoms with Gasteiger partial charge < -0.3 is 0 Å². The van der Waals surface area contributed by atoms with E-state index in [0.717, 1.165) is 0 Å². The first-order chi connectivity index (χ1) is 6.59. The summed E-state index contributed by atoms with van der Waals surface area (Å²) in [6, 6.07) is 5.73. The van der Waals surface area contributed by atoms with Crippen LogP contribution in [0.4, 0.5) is 10.1 Å². The smallest absolute Gasteiger partial charge is 0.123 e. The molecule has 0 saturated carbocycles. The van der Waals surface area contributed by atoms with Gasteiger partial charge in [0.05, 0.1) is 15.4 Å². The van der Waals surface area contributed by atoms with E-state index >= 15 is 0 Å². The van der Waals surface area contributed by atoms with Crippen LogP contribution in [0.1, 0.15) is 13.8 Å². The molecule has 14 heavy (non-hydrogen) atoms. The quantitative estimate of drug-likeness (QED) is 0.762. The molecule has 0 atom stereocenters. The number of hydrogen-bond donors (Lipinski definition) is 0. The van der Waals surface area contributed by atoms with Gasteiger partial charge in [0.15, 0.2) is 0 Å². The van der Waals surface area contributed by atoms with Crippen LogP contribution in [0, 0.1) is 5.82 Å². The summed E-state index contributed by atoms with van der Waals surface area (Å²) >= 11 is 0. The lowest BCUT2D eigenvalue weighted by Gasteiger charge is -2.03. The summed E-state index contributed by atoms with van der Waals surface area (Å²) in [5.41, 5.74) is 0.583. The van der Waals surface area contributed by atoms with Crippen LogP contribution in [0.5, 0.6) is 0 Å². The Morgan fingerprint density at radius 2 is 1.71 bits per heavy atom. The van der Waals surface area contributed by atoms with Crippen LogP contribution < -0.4 is 0 Å². The highest BCUT2D eigenvalue weighted by molar-refractivity contribution is 7.93. The summed E-state index contributed by atoms with van der Waals surface area (Å²) in [6.07, 6.45) is 0. The van der Waals surface area contributed by atoms with Crippen molar-refractivity contribution < 1.29 is 8.60 Å². The molecule has 0 unspecified atom stereocenters. The Morgan fingerprint density at radius 1 is 1.21 bits per heavy atom. The van der Waals surface area contributed by atoms with Crippen molar-refractivity contribution in [3.8, 4) is 0 Å². The zero-order valence-corrected chi connectivity index (χ0v) is 9.18. The van der Waals surface area contributed by atoms with Gasteiger partial charge in [-0.25, -0.2) is 8.60 Å². The third kappa shape index (κ3) is 2.80. The molecule has 0 aromatic heterocycles. The van der Waals surface area contributed by atoms with E-state index in [1.165, 1.54) is 12.1 Å². The van der Waals surface area contributed by atoms with Gasteiger partial charge in [0.1, 0.15) is 5.82 Å². The second-order valence-corrected chi connectivity index (χ2v) is 5.80. The number of hydrogen-bond acceptors (Lipinski definition) is 2. The fourth-order valence-electron chi connectivity index (χ4n) is 1.03. The second kappa shape index (κ2) is 4.55. The molecule has 1 aromatic carbocycles. The molecule has 0 heterocycles. The Labute approximate surface area is 84.3 Å². The molecule has 0 fully saturated rings. The highest BCUT2D eigenvalue weighted by Gasteiger charge is 2.02. The molecule has 0 aliphatic heterocycles. The minimum absolute atomic E-state index is 0.302. The predicted octanol–water partition coefficient (Wildman–Crippen LogP) is 2.97. The first kappa shape index (κ1) is 11.2. The topological polar surface area (TPSA) is 29.4 Å². The van der Waals surface area contributed by atoms with Crippen LogP contribution in [0.15, 0.2) is 28.6 Å². The molecule has 1 rings (SSSR count). The Kier molecular flexibility index (Phi) is 3.63. The van der Waals surface area contributed by atoms with Crippen LogP contribution in [-0.2, 0) is 9.73 Å². The highest BCUT2D eigenvalue weighted by atomic mass is 32.2. The van der Waals surface area contributed by atoms with E-state index in [9.17, 15) is 8.60 Å². The molecule has 0 spiro atoms. The minimum Gasteiger partial charge on any atom is -0.249 e. The molecular formula is C10H14FNOS. The summed E-state index contributed by atoms with van der Waals surface area (Å²) in [7, 11) is -2.13. The van der Waals surface area contributed by atoms with Gasteiger partial charge in [0.2, 0.25) is 0 Å². The SMILES string of the molecule is CCS(=O)(CC)=Nc1ccc(F)cc1. The minimum atomic E-state index is -2.13. The molecule has 0 aliphatic carbocycles. The molecular weight excluding hydrogens is 201 g/mol. The Hall–Kier alpha value is -0.900. The summed E-state index contributed by atoms with van der Waals surface area (Å²) in [5.74, 6) is 0.755. The van der Waals surface area contributed by atoms with E-state index < -0.39 is 9.73 Å². The van der Waals surface area contributed by atoms with E-state index in [-0.39, 0.29) is 5.82 Å². The fraction of sp³-hybridized carbons (Fsp3) is 0.400. The lowest BCUT2D eigenvalue weighted by atomic mass is 10.3. The number of halogens is 1. The molecule has 0 amide bonds. The molecule has 78 valence electrons. The number of benzene rings is 1. The molecule has 0 radical (unpaired) electrons. The molecule has 2 nitrogen and oxygen atoms in total. The summed E-state index contributed by atoms with van der Waals surface area (Å²) in [6.45, 7) is 3.69. The lowest BCUT2D eigenvalue weighted by Crippen LogP contribution is -2.04. The highest BCUT2D eigenvalue weighted by Crippen LogP contribution is 2.15. The largest absolute Gasteiger partial charge is 0.249 e. The zero-order chi connectivity index (χ0) is 10.6. The normalized spacial score (nSPS) is 11.4. The van der Waals surface area contributed by atoms with Crippen LogP contribution in [-0.4, -0.2) is 15.7 Å². The van der Waals surface area contributed by atoms with E-state index in [1.807, 2.05) is 13.8 Å². The molecule has 0 bridgehead atoms. The van der Waals surface area contributed by atoms with Crippen molar-refractivity contribution in [1.29, 1.82) is 0 Å².